The van der Waals surface area contributed by atoms with E-state index in [4.69, 9.17) is 0 Å². The Morgan fingerprint density at radius 3 is 2.75 bits per heavy atom. The molecule has 0 heterocycles. The molecule has 0 amide bonds. The van der Waals surface area contributed by atoms with Crippen molar-refractivity contribution in [2.75, 3.05) is 6.61 Å². The fourth-order valence-electron chi connectivity index (χ4n) is 0.466. The van der Waals surface area contributed by atoms with Gasteiger partial charge in [-0.25, -0.2) is 0 Å². The summed E-state index contributed by atoms with van der Waals surface area (Å²) < 4.78 is 0. The van der Waals surface area contributed by atoms with Gasteiger partial charge < -0.3 is 10.0 Å². The highest BCUT2D eigenvalue weighted by Crippen LogP contribution is 1.91. The van der Waals surface area contributed by atoms with Crippen molar-refractivity contribution < 1.29 is 4.84 Å². The Hall–Kier alpha value is -0.120. The molecule has 3 nitrogen and oxygen atoms in total. The predicted molar refractivity (Wildman–Crippen MR) is 32.0 cm³/mol. The number of hydrogen-bond acceptors (Lipinski definition) is 3. The van der Waals surface area contributed by atoms with Crippen LogP contribution in [0.5, 0.6) is 0 Å². The zero-order valence-corrected chi connectivity index (χ0v) is 5.14. The number of rotatable bonds is 5. The first-order valence-electron chi connectivity index (χ1n) is 2.90. The molecule has 0 bridgehead atoms. The fourth-order valence-corrected chi connectivity index (χ4v) is 0.466. The molecule has 0 aliphatic rings. The van der Waals surface area contributed by atoms with Gasteiger partial charge in [0.15, 0.2) is 0 Å². The van der Waals surface area contributed by atoms with Gasteiger partial charge in [0.25, 0.3) is 0 Å². The lowest BCUT2D eigenvalue weighted by atomic mass is 10.3. The first-order chi connectivity index (χ1) is 3.91. The Bertz CT molecular complexity index is 35.4. The van der Waals surface area contributed by atoms with Crippen LogP contribution in [0.1, 0.15) is 26.2 Å². The van der Waals surface area contributed by atoms with E-state index in [1.165, 1.54) is 5.64 Å². The van der Waals surface area contributed by atoms with Crippen molar-refractivity contribution in [3.8, 4) is 0 Å². The van der Waals surface area contributed by atoms with Gasteiger partial charge in [0, 0.05) is 0 Å². The van der Waals surface area contributed by atoms with Crippen molar-refractivity contribution in [1.82, 2.24) is 5.64 Å². The van der Waals surface area contributed by atoms with Crippen LogP contribution in [0.25, 0.3) is 0 Å². The molecule has 0 aromatic rings. The van der Waals surface area contributed by atoms with E-state index >= 15 is 0 Å². The van der Waals surface area contributed by atoms with Gasteiger partial charge in [0.05, 0.1) is 6.61 Å². The van der Waals surface area contributed by atoms with Crippen LogP contribution in [0.3, 0.4) is 0 Å². The van der Waals surface area contributed by atoms with E-state index in [9.17, 15) is 5.21 Å². The highest BCUT2D eigenvalue weighted by atomic mass is 16.8. The van der Waals surface area contributed by atoms with E-state index in [-0.39, 0.29) is 0 Å². The third kappa shape index (κ3) is 5.88. The SMILES string of the molecule is CCCCCON[O-]. The molecule has 0 fully saturated rings. The van der Waals surface area contributed by atoms with E-state index in [2.05, 4.69) is 11.8 Å². The average Bonchev–Trinajstić information content (AvgIpc) is 1.81. The van der Waals surface area contributed by atoms with Gasteiger partial charge in [-0.3, -0.25) is 5.64 Å². The zero-order chi connectivity index (χ0) is 6.24. The molecule has 0 saturated carbocycles. The van der Waals surface area contributed by atoms with Crippen molar-refractivity contribution in [1.29, 1.82) is 0 Å². The zero-order valence-electron chi connectivity index (χ0n) is 5.14. The minimum Gasteiger partial charge on any atom is -0.765 e. The van der Waals surface area contributed by atoms with Crippen LogP contribution in [-0.4, -0.2) is 6.61 Å². The average molecular weight is 118 g/mol. The van der Waals surface area contributed by atoms with E-state index in [1.807, 2.05) is 0 Å². The van der Waals surface area contributed by atoms with Gasteiger partial charge in [-0.2, -0.15) is 0 Å². The largest absolute Gasteiger partial charge is 0.765 e. The normalized spacial score (nSPS) is 9.75. The quantitative estimate of drug-likeness (QED) is 0.435. The molecule has 0 radical (unpaired) electrons. The topological polar surface area (TPSA) is 44.3 Å². The smallest absolute Gasteiger partial charge is 0.0670 e. The third-order valence-electron chi connectivity index (χ3n) is 0.909. The van der Waals surface area contributed by atoms with Crippen LogP contribution in [0.15, 0.2) is 0 Å². The van der Waals surface area contributed by atoms with Crippen molar-refractivity contribution >= 4 is 0 Å². The van der Waals surface area contributed by atoms with Crippen LogP contribution in [0.2, 0.25) is 0 Å². The lowest BCUT2D eigenvalue weighted by Crippen LogP contribution is -2.05. The number of hydrogen-bond donors (Lipinski definition) is 1. The summed E-state index contributed by atoms with van der Waals surface area (Å²) in [6, 6.07) is 0. The molecule has 0 unspecified atom stereocenters. The van der Waals surface area contributed by atoms with Crippen molar-refractivity contribution in [3.05, 3.63) is 5.21 Å². The van der Waals surface area contributed by atoms with Gasteiger partial charge in [-0.1, -0.05) is 19.8 Å². The van der Waals surface area contributed by atoms with Crippen LogP contribution < -0.4 is 5.64 Å². The second-order valence-corrected chi connectivity index (χ2v) is 1.64. The van der Waals surface area contributed by atoms with Crippen LogP contribution in [-0.2, 0) is 4.84 Å². The Morgan fingerprint density at radius 1 is 1.50 bits per heavy atom. The summed E-state index contributed by atoms with van der Waals surface area (Å²) >= 11 is 0. The Labute approximate surface area is 49.6 Å². The maximum absolute atomic E-state index is 9.42. The fraction of sp³-hybridized carbons (Fsp3) is 1.00. The molecular weight excluding hydrogens is 106 g/mol. The molecule has 0 aliphatic carbocycles. The molecule has 50 valence electrons. The molecule has 0 saturated heterocycles. The van der Waals surface area contributed by atoms with Crippen LogP contribution in [0, 0.1) is 5.21 Å². The first kappa shape index (κ1) is 7.88. The first-order valence-corrected chi connectivity index (χ1v) is 2.90. The van der Waals surface area contributed by atoms with Gasteiger partial charge in [-0.15, -0.1) is 0 Å². The molecule has 0 aliphatic heterocycles. The van der Waals surface area contributed by atoms with Gasteiger partial charge in [-0.05, 0) is 6.42 Å². The summed E-state index contributed by atoms with van der Waals surface area (Å²) in [5.74, 6) is 0. The second-order valence-electron chi connectivity index (χ2n) is 1.64. The third-order valence-corrected chi connectivity index (χ3v) is 0.909. The van der Waals surface area contributed by atoms with E-state index in [0.717, 1.165) is 19.3 Å². The maximum atomic E-state index is 9.42. The van der Waals surface area contributed by atoms with Gasteiger partial charge in [0.1, 0.15) is 0 Å². The summed E-state index contributed by atoms with van der Waals surface area (Å²) in [7, 11) is 0. The summed E-state index contributed by atoms with van der Waals surface area (Å²) in [6.45, 7) is 2.63. The van der Waals surface area contributed by atoms with Crippen LogP contribution >= 0.6 is 0 Å². The molecule has 3 heteroatoms. The Kier molecular flexibility index (Phi) is 6.78. The van der Waals surface area contributed by atoms with E-state index in [0.29, 0.717) is 6.61 Å². The highest BCUT2D eigenvalue weighted by molar-refractivity contribution is 4.33. The molecular formula is C5H12NO2-. The Balaban J connectivity index is 2.53. The van der Waals surface area contributed by atoms with E-state index in [1.54, 1.807) is 0 Å². The van der Waals surface area contributed by atoms with Crippen molar-refractivity contribution in [2.24, 2.45) is 0 Å². The van der Waals surface area contributed by atoms with E-state index < -0.39 is 0 Å². The minimum absolute atomic E-state index is 0.525. The molecule has 1 N–H and O–H groups in total. The maximum Gasteiger partial charge on any atom is 0.0670 e. The van der Waals surface area contributed by atoms with Gasteiger partial charge >= 0.3 is 0 Å². The summed E-state index contributed by atoms with van der Waals surface area (Å²) in [4.78, 5) is 4.33. The number of unbranched alkanes of at least 4 members (excludes halogenated alkanes) is 2. The minimum atomic E-state index is 0.525. The monoisotopic (exact) mass is 118 g/mol. The summed E-state index contributed by atoms with van der Waals surface area (Å²) in [5.41, 5.74) is 1.38. The standard InChI is InChI=1S/C5H12NO2/c1-2-3-4-5-8-6-7/h6H,2-5H2,1H3/q-1. The summed E-state index contributed by atoms with van der Waals surface area (Å²) in [6.07, 6.45) is 3.25. The second kappa shape index (κ2) is 6.88. The molecule has 0 rings (SSSR count). The predicted octanol–water partition coefficient (Wildman–Crippen LogP) is 1.20. The van der Waals surface area contributed by atoms with Crippen molar-refractivity contribution in [2.45, 2.75) is 26.2 Å². The lowest BCUT2D eigenvalue weighted by molar-refractivity contribution is 0.0686. The van der Waals surface area contributed by atoms with Crippen molar-refractivity contribution in [3.63, 3.8) is 0 Å². The molecule has 0 spiro atoms. The molecule has 8 heavy (non-hydrogen) atoms. The molecule has 0 aromatic heterocycles. The molecule has 0 aromatic carbocycles. The summed E-state index contributed by atoms with van der Waals surface area (Å²) in [5, 5.41) is 9.42. The lowest BCUT2D eigenvalue weighted by Gasteiger charge is -2.05. The number of nitrogens with one attached hydrogen (secondary N) is 1. The highest BCUT2D eigenvalue weighted by Gasteiger charge is 1.81. The molecule has 0 atom stereocenters. The Morgan fingerprint density at radius 2 is 2.25 bits per heavy atom. The van der Waals surface area contributed by atoms with Gasteiger partial charge in [0.2, 0.25) is 0 Å². The van der Waals surface area contributed by atoms with Crippen LogP contribution in [0.4, 0.5) is 0 Å².